The van der Waals surface area contributed by atoms with E-state index in [1.807, 2.05) is 14.0 Å². The van der Waals surface area contributed by atoms with Crippen LogP contribution in [0.4, 0.5) is 0 Å². The first kappa shape index (κ1) is 26.5. The number of nitrogens with zero attached hydrogens (tertiary/aromatic N) is 1. The molecule has 3 rings (SSSR count). The predicted octanol–water partition coefficient (Wildman–Crippen LogP) is 0.418. The number of β-lactam (4-membered cyclic amide) rings is 1. The molecule has 5 N–H and O–H groups in total. The van der Waals surface area contributed by atoms with Crippen LogP contribution in [-0.2, 0) is 9.59 Å². The summed E-state index contributed by atoms with van der Waals surface area (Å²) in [4.78, 5) is 26.3. The SMILES string of the molecule is CNCC[C@@H](O)[C@@H]1CC(SC2=C(C(=O)O)N3C(=O)[C@H]([C@@H](C)O)[C@H]3[C@H]2C)CN1.Cl.Cl. The molecular formula is C18H31Cl2N3O5S. The topological polar surface area (TPSA) is 122 Å². The quantitative estimate of drug-likeness (QED) is 0.322. The van der Waals surface area contributed by atoms with Gasteiger partial charge in [-0.2, -0.15) is 0 Å². The third-order valence-electron chi connectivity index (χ3n) is 5.88. The Hall–Kier alpha value is -0.550. The van der Waals surface area contributed by atoms with Gasteiger partial charge in [-0.3, -0.25) is 4.79 Å². The minimum atomic E-state index is -1.10. The number of aliphatic carboxylic acids is 1. The van der Waals surface area contributed by atoms with Crippen molar-refractivity contribution in [3.05, 3.63) is 10.6 Å². The molecule has 29 heavy (non-hydrogen) atoms. The Morgan fingerprint density at radius 2 is 2.03 bits per heavy atom. The van der Waals surface area contributed by atoms with Crippen LogP contribution in [-0.4, -0.2) is 81.8 Å². The number of nitrogens with one attached hydrogen (secondary N) is 2. The van der Waals surface area contributed by atoms with Crippen LogP contribution in [0.3, 0.4) is 0 Å². The molecule has 3 aliphatic heterocycles. The first-order chi connectivity index (χ1) is 12.8. The van der Waals surface area contributed by atoms with Gasteiger partial charge in [0.25, 0.3) is 0 Å². The van der Waals surface area contributed by atoms with Crippen LogP contribution in [0.15, 0.2) is 10.6 Å². The molecule has 3 heterocycles. The van der Waals surface area contributed by atoms with Crippen molar-refractivity contribution in [1.82, 2.24) is 15.5 Å². The molecule has 0 aromatic carbocycles. The number of halogens is 2. The van der Waals surface area contributed by atoms with E-state index < -0.39 is 24.1 Å². The average Bonchev–Trinajstić information content (AvgIpc) is 3.15. The van der Waals surface area contributed by atoms with Crippen molar-refractivity contribution in [3.63, 3.8) is 0 Å². The van der Waals surface area contributed by atoms with Gasteiger partial charge in [-0.1, -0.05) is 6.92 Å². The Morgan fingerprint density at radius 1 is 1.38 bits per heavy atom. The number of thioether (sulfide) groups is 1. The van der Waals surface area contributed by atoms with Gasteiger partial charge in [-0.05, 0) is 33.4 Å². The van der Waals surface area contributed by atoms with Gasteiger partial charge in [-0.25, -0.2) is 4.79 Å². The first-order valence-electron chi connectivity index (χ1n) is 9.49. The molecule has 0 radical (unpaired) electrons. The second-order valence-electron chi connectivity index (χ2n) is 7.72. The molecule has 168 valence electrons. The number of amides is 1. The summed E-state index contributed by atoms with van der Waals surface area (Å²) in [5.74, 6) is -2.06. The summed E-state index contributed by atoms with van der Waals surface area (Å²) in [5.41, 5.74) is 0.0681. The minimum absolute atomic E-state index is 0. The minimum Gasteiger partial charge on any atom is -0.477 e. The lowest BCUT2D eigenvalue weighted by Crippen LogP contribution is -2.63. The van der Waals surface area contributed by atoms with Gasteiger partial charge < -0.3 is 30.9 Å². The Morgan fingerprint density at radius 3 is 2.59 bits per heavy atom. The van der Waals surface area contributed by atoms with E-state index in [1.165, 1.54) is 16.7 Å². The predicted molar refractivity (Wildman–Crippen MR) is 116 cm³/mol. The van der Waals surface area contributed by atoms with Crippen molar-refractivity contribution in [1.29, 1.82) is 0 Å². The number of fused-ring (bicyclic) bond motifs is 1. The summed E-state index contributed by atoms with van der Waals surface area (Å²) in [5, 5.41) is 36.4. The Kier molecular flexibility index (Phi) is 9.73. The molecular weight excluding hydrogens is 441 g/mol. The maximum Gasteiger partial charge on any atom is 0.353 e. The summed E-state index contributed by atoms with van der Waals surface area (Å²) in [6.07, 6.45) is 0.168. The highest BCUT2D eigenvalue weighted by Gasteiger charge is 2.60. The lowest BCUT2D eigenvalue weighted by Gasteiger charge is -2.46. The largest absolute Gasteiger partial charge is 0.477 e. The summed E-state index contributed by atoms with van der Waals surface area (Å²) >= 11 is 1.50. The van der Waals surface area contributed by atoms with Crippen LogP contribution in [0.25, 0.3) is 0 Å². The summed E-state index contributed by atoms with van der Waals surface area (Å²) < 4.78 is 0. The number of hydrogen-bond donors (Lipinski definition) is 5. The number of carboxylic acids is 1. The molecule has 0 aromatic rings. The number of carboxylic acid groups (broad SMARTS) is 1. The number of aliphatic hydroxyl groups is 2. The fraction of sp³-hybridized carbons (Fsp3) is 0.778. The molecule has 0 aliphatic carbocycles. The highest BCUT2D eigenvalue weighted by molar-refractivity contribution is 8.03. The molecule has 0 bridgehead atoms. The molecule has 2 fully saturated rings. The standard InChI is InChI=1S/C18H29N3O5S.2ClH/c1-8-14-13(9(2)22)17(24)21(14)15(18(25)26)16(8)27-10-6-11(20-7-10)12(23)4-5-19-3;;/h8-14,19-20,22-23H,4-7H2,1-3H3,(H,25,26);2*1H/t8-,9-,10?,11+,12-,13-,14-;;/m1../s1. The number of aliphatic hydroxyl groups excluding tert-OH is 2. The van der Waals surface area contributed by atoms with Gasteiger partial charge in [0.2, 0.25) is 5.91 Å². The van der Waals surface area contributed by atoms with Crippen molar-refractivity contribution < 1.29 is 24.9 Å². The zero-order valence-electron chi connectivity index (χ0n) is 16.7. The average molecular weight is 472 g/mol. The smallest absolute Gasteiger partial charge is 0.353 e. The number of carbonyl (C=O) groups excluding carboxylic acids is 1. The van der Waals surface area contributed by atoms with Crippen LogP contribution >= 0.6 is 36.6 Å². The van der Waals surface area contributed by atoms with E-state index in [9.17, 15) is 24.9 Å². The van der Waals surface area contributed by atoms with E-state index in [2.05, 4.69) is 10.6 Å². The van der Waals surface area contributed by atoms with Gasteiger partial charge >= 0.3 is 5.97 Å². The van der Waals surface area contributed by atoms with Crippen LogP contribution in [0.1, 0.15) is 26.7 Å². The van der Waals surface area contributed by atoms with Gasteiger partial charge in [0.1, 0.15) is 5.70 Å². The molecule has 8 nitrogen and oxygen atoms in total. The van der Waals surface area contributed by atoms with Crippen molar-refractivity contribution >= 4 is 48.5 Å². The van der Waals surface area contributed by atoms with Gasteiger partial charge in [0.05, 0.1) is 24.2 Å². The normalized spacial score (nSPS) is 32.8. The van der Waals surface area contributed by atoms with Crippen LogP contribution in [0.2, 0.25) is 0 Å². The number of carbonyl (C=O) groups is 2. The third-order valence-corrected chi connectivity index (χ3v) is 7.40. The molecule has 0 aromatic heterocycles. The van der Waals surface area contributed by atoms with E-state index in [0.29, 0.717) is 17.9 Å². The van der Waals surface area contributed by atoms with Crippen LogP contribution in [0, 0.1) is 11.8 Å². The molecule has 1 unspecified atom stereocenters. The maximum absolute atomic E-state index is 12.4. The molecule has 0 saturated carbocycles. The molecule has 3 aliphatic rings. The van der Waals surface area contributed by atoms with Crippen molar-refractivity contribution in [2.24, 2.45) is 11.8 Å². The number of rotatable bonds is 8. The molecule has 0 spiro atoms. The van der Waals surface area contributed by atoms with Crippen LogP contribution < -0.4 is 10.6 Å². The number of hydrogen-bond acceptors (Lipinski definition) is 7. The van der Waals surface area contributed by atoms with Gasteiger partial charge in [0, 0.05) is 28.7 Å². The fourth-order valence-corrected chi connectivity index (χ4v) is 5.96. The van der Waals surface area contributed by atoms with Crippen molar-refractivity contribution in [2.45, 2.75) is 56.2 Å². The summed E-state index contributed by atoms with van der Waals surface area (Å²) in [6, 6.07) is -0.289. The van der Waals surface area contributed by atoms with E-state index in [4.69, 9.17) is 0 Å². The maximum atomic E-state index is 12.4. The summed E-state index contributed by atoms with van der Waals surface area (Å²) in [6.45, 7) is 4.94. The molecule has 11 heteroatoms. The van der Waals surface area contributed by atoms with Gasteiger partial charge in [0.15, 0.2) is 0 Å². The van der Waals surface area contributed by atoms with Crippen molar-refractivity contribution in [2.75, 3.05) is 20.1 Å². The monoisotopic (exact) mass is 471 g/mol. The van der Waals surface area contributed by atoms with E-state index in [-0.39, 0.29) is 59.7 Å². The first-order valence-corrected chi connectivity index (χ1v) is 10.4. The zero-order chi connectivity index (χ0) is 19.9. The third kappa shape index (κ3) is 4.87. The van der Waals surface area contributed by atoms with Crippen molar-refractivity contribution in [3.8, 4) is 0 Å². The Balaban J connectivity index is 0.00000210. The summed E-state index contributed by atoms with van der Waals surface area (Å²) in [7, 11) is 1.85. The molecule has 1 amide bonds. The highest BCUT2D eigenvalue weighted by Crippen LogP contribution is 2.51. The van der Waals surface area contributed by atoms with Crippen LogP contribution in [0.5, 0.6) is 0 Å². The Labute approximate surface area is 187 Å². The highest BCUT2D eigenvalue weighted by atomic mass is 35.5. The van der Waals surface area contributed by atoms with E-state index >= 15 is 0 Å². The van der Waals surface area contributed by atoms with E-state index in [1.54, 1.807) is 6.92 Å². The lowest BCUT2D eigenvalue weighted by atomic mass is 9.79. The lowest BCUT2D eigenvalue weighted by molar-refractivity contribution is -0.163. The van der Waals surface area contributed by atoms with Gasteiger partial charge in [-0.15, -0.1) is 36.6 Å². The second kappa shape index (κ2) is 10.7. The molecule has 7 atom stereocenters. The Bertz CT molecular complexity index is 651. The zero-order valence-corrected chi connectivity index (χ0v) is 19.1. The fourth-order valence-electron chi connectivity index (χ4n) is 4.47. The van der Waals surface area contributed by atoms with E-state index in [0.717, 1.165) is 13.0 Å². The molecule has 2 saturated heterocycles. The second-order valence-corrected chi connectivity index (χ2v) is 9.06.